The zero-order valence-electron chi connectivity index (χ0n) is 13.5. The second kappa shape index (κ2) is 7.27. The molecule has 0 unspecified atom stereocenters. The van der Waals surface area contributed by atoms with Gasteiger partial charge < -0.3 is 14.2 Å². The number of imidazole rings is 1. The number of aryl methyl sites for hydroxylation is 1. The molecular formula is C17H27N3O2. The quantitative estimate of drug-likeness (QED) is 0.838. The van der Waals surface area contributed by atoms with Gasteiger partial charge in [-0.2, -0.15) is 0 Å². The molecule has 1 aromatic rings. The molecule has 0 saturated carbocycles. The van der Waals surface area contributed by atoms with Gasteiger partial charge in [-0.3, -0.25) is 4.79 Å². The average Bonchev–Trinajstić information content (AvgIpc) is 3.01. The molecule has 2 atom stereocenters. The number of ether oxygens (including phenoxy) is 1. The lowest BCUT2D eigenvalue weighted by atomic mass is 9.97. The molecule has 0 radical (unpaired) electrons. The molecular weight excluding hydrogens is 278 g/mol. The number of nitrogens with zero attached hydrogens (tertiary/aromatic N) is 3. The third-order valence-corrected chi connectivity index (χ3v) is 4.96. The standard InChI is InChI=1S/C17H27N3O2/c1-19(17(21)6-5-15-4-2-3-11-22-15)13-14-7-9-20-10-8-18-16(20)12-14/h8,10,14-15H,2-7,9,11-13H2,1H3/t14-,15+/m0/s1. The maximum absolute atomic E-state index is 12.3. The summed E-state index contributed by atoms with van der Waals surface area (Å²) in [6, 6.07) is 0. The first-order valence-electron chi connectivity index (χ1n) is 8.58. The largest absolute Gasteiger partial charge is 0.378 e. The normalized spacial score (nSPS) is 24.8. The van der Waals surface area contributed by atoms with Crippen LogP contribution in [0.25, 0.3) is 0 Å². The molecule has 1 aromatic heterocycles. The summed E-state index contributed by atoms with van der Waals surface area (Å²) in [5.74, 6) is 1.95. The number of hydrogen-bond acceptors (Lipinski definition) is 3. The molecule has 0 N–H and O–H groups in total. The molecule has 0 spiro atoms. The Morgan fingerprint density at radius 1 is 1.45 bits per heavy atom. The fourth-order valence-electron chi connectivity index (χ4n) is 3.57. The minimum atomic E-state index is 0.253. The maximum Gasteiger partial charge on any atom is 0.222 e. The Kier molecular flexibility index (Phi) is 5.13. The van der Waals surface area contributed by atoms with Crippen LogP contribution in [0.3, 0.4) is 0 Å². The molecule has 3 heterocycles. The van der Waals surface area contributed by atoms with Gasteiger partial charge in [0.2, 0.25) is 5.91 Å². The number of rotatable bonds is 5. The first-order chi connectivity index (χ1) is 10.7. The van der Waals surface area contributed by atoms with Gasteiger partial charge >= 0.3 is 0 Å². The van der Waals surface area contributed by atoms with Gasteiger partial charge in [-0.15, -0.1) is 0 Å². The summed E-state index contributed by atoms with van der Waals surface area (Å²) in [5.41, 5.74) is 0. The lowest BCUT2D eigenvalue weighted by molar-refractivity contribution is -0.131. The molecule has 2 aliphatic heterocycles. The summed E-state index contributed by atoms with van der Waals surface area (Å²) in [5, 5.41) is 0. The number of carbonyl (C=O) groups is 1. The predicted octanol–water partition coefficient (Wildman–Crippen LogP) is 2.25. The SMILES string of the molecule is CN(C[C@H]1CCn2ccnc2C1)C(=O)CC[C@H]1CCCCO1. The molecule has 0 bridgehead atoms. The molecule has 22 heavy (non-hydrogen) atoms. The third kappa shape index (κ3) is 3.88. The van der Waals surface area contributed by atoms with E-state index < -0.39 is 0 Å². The van der Waals surface area contributed by atoms with E-state index in [9.17, 15) is 4.79 Å². The van der Waals surface area contributed by atoms with Gasteiger partial charge in [0, 0.05) is 52.0 Å². The van der Waals surface area contributed by atoms with Crippen LogP contribution in [0.1, 0.15) is 44.3 Å². The monoisotopic (exact) mass is 305 g/mol. The zero-order chi connectivity index (χ0) is 15.4. The van der Waals surface area contributed by atoms with Crippen LogP contribution in [0, 0.1) is 5.92 Å². The van der Waals surface area contributed by atoms with Crippen molar-refractivity contribution in [1.29, 1.82) is 0 Å². The fraction of sp³-hybridized carbons (Fsp3) is 0.765. The van der Waals surface area contributed by atoms with Crippen molar-refractivity contribution in [3.63, 3.8) is 0 Å². The highest BCUT2D eigenvalue weighted by Gasteiger charge is 2.23. The lowest BCUT2D eigenvalue weighted by Crippen LogP contribution is -2.35. The van der Waals surface area contributed by atoms with Crippen molar-refractivity contribution in [3.8, 4) is 0 Å². The van der Waals surface area contributed by atoms with E-state index in [1.54, 1.807) is 0 Å². The van der Waals surface area contributed by atoms with Gasteiger partial charge in [-0.1, -0.05) is 0 Å². The average molecular weight is 305 g/mol. The number of hydrogen-bond donors (Lipinski definition) is 0. The Hall–Kier alpha value is -1.36. The Bertz CT molecular complexity index is 494. The van der Waals surface area contributed by atoms with Crippen molar-refractivity contribution in [2.45, 2.75) is 57.6 Å². The van der Waals surface area contributed by atoms with Gasteiger partial charge in [0.05, 0.1) is 6.10 Å². The second-order valence-corrected chi connectivity index (χ2v) is 6.70. The van der Waals surface area contributed by atoms with Crippen LogP contribution in [0.2, 0.25) is 0 Å². The van der Waals surface area contributed by atoms with Crippen LogP contribution < -0.4 is 0 Å². The zero-order valence-corrected chi connectivity index (χ0v) is 13.5. The highest BCUT2D eigenvalue weighted by Crippen LogP contribution is 2.21. The molecule has 3 rings (SSSR count). The second-order valence-electron chi connectivity index (χ2n) is 6.70. The van der Waals surface area contributed by atoms with Crippen LogP contribution in [-0.4, -0.2) is 46.7 Å². The number of amides is 1. The van der Waals surface area contributed by atoms with E-state index in [1.165, 1.54) is 12.8 Å². The third-order valence-electron chi connectivity index (χ3n) is 4.96. The van der Waals surface area contributed by atoms with Gasteiger partial charge in [0.15, 0.2) is 0 Å². The lowest BCUT2D eigenvalue weighted by Gasteiger charge is -2.28. The molecule has 122 valence electrons. The summed E-state index contributed by atoms with van der Waals surface area (Å²) < 4.78 is 7.93. The highest BCUT2D eigenvalue weighted by molar-refractivity contribution is 5.75. The van der Waals surface area contributed by atoms with Crippen molar-refractivity contribution < 1.29 is 9.53 Å². The maximum atomic E-state index is 12.3. The van der Waals surface area contributed by atoms with Gasteiger partial charge in [0.1, 0.15) is 5.82 Å². The van der Waals surface area contributed by atoms with Crippen LogP contribution in [0.5, 0.6) is 0 Å². The summed E-state index contributed by atoms with van der Waals surface area (Å²) in [7, 11) is 1.94. The fourth-order valence-corrected chi connectivity index (χ4v) is 3.57. The molecule has 5 nitrogen and oxygen atoms in total. The molecule has 1 amide bonds. The van der Waals surface area contributed by atoms with E-state index in [0.717, 1.165) is 51.2 Å². The van der Waals surface area contributed by atoms with Gasteiger partial charge in [-0.25, -0.2) is 4.98 Å². The predicted molar refractivity (Wildman–Crippen MR) is 84.5 cm³/mol. The number of carbonyl (C=O) groups excluding carboxylic acids is 1. The van der Waals surface area contributed by atoms with Gasteiger partial charge in [0.25, 0.3) is 0 Å². The van der Waals surface area contributed by atoms with Crippen molar-refractivity contribution in [2.24, 2.45) is 5.92 Å². The first kappa shape index (κ1) is 15.5. The van der Waals surface area contributed by atoms with Crippen molar-refractivity contribution >= 4 is 5.91 Å². The Morgan fingerprint density at radius 2 is 2.36 bits per heavy atom. The van der Waals surface area contributed by atoms with Crippen LogP contribution in [-0.2, 0) is 22.5 Å². The molecule has 1 saturated heterocycles. The highest BCUT2D eigenvalue weighted by atomic mass is 16.5. The summed E-state index contributed by atoms with van der Waals surface area (Å²) in [4.78, 5) is 18.6. The van der Waals surface area contributed by atoms with E-state index in [0.29, 0.717) is 18.4 Å². The van der Waals surface area contributed by atoms with E-state index in [2.05, 4.69) is 9.55 Å². The van der Waals surface area contributed by atoms with E-state index in [4.69, 9.17) is 4.74 Å². The van der Waals surface area contributed by atoms with Crippen molar-refractivity contribution in [1.82, 2.24) is 14.5 Å². The number of fused-ring (bicyclic) bond motifs is 1. The topological polar surface area (TPSA) is 47.4 Å². The van der Waals surface area contributed by atoms with Crippen molar-refractivity contribution in [2.75, 3.05) is 20.2 Å². The van der Waals surface area contributed by atoms with E-state index in [1.807, 2.05) is 24.3 Å². The Balaban J connectivity index is 1.41. The number of aromatic nitrogens is 2. The van der Waals surface area contributed by atoms with Crippen LogP contribution in [0.15, 0.2) is 12.4 Å². The van der Waals surface area contributed by atoms with Crippen molar-refractivity contribution in [3.05, 3.63) is 18.2 Å². The summed E-state index contributed by atoms with van der Waals surface area (Å²) >= 11 is 0. The molecule has 1 fully saturated rings. The molecule has 0 aliphatic carbocycles. The van der Waals surface area contributed by atoms with E-state index >= 15 is 0 Å². The van der Waals surface area contributed by atoms with Crippen LogP contribution >= 0.6 is 0 Å². The Morgan fingerprint density at radius 3 is 3.18 bits per heavy atom. The Labute approximate surface area is 132 Å². The molecule has 0 aromatic carbocycles. The summed E-state index contributed by atoms with van der Waals surface area (Å²) in [6.07, 6.45) is 11.3. The van der Waals surface area contributed by atoms with Gasteiger partial charge in [-0.05, 0) is 38.0 Å². The smallest absolute Gasteiger partial charge is 0.222 e. The van der Waals surface area contributed by atoms with E-state index in [-0.39, 0.29) is 5.91 Å². The first-order valence-corrected chi connectivity index (χ1v) is 8.58. The minimum absolute atomic E-state index is 0.253. The van der Waals surface area contributed by atoms with Crippen LogP contribution in [0.4, 0.5) is 0 Å². The summed E-state index contributed by atoms with van der Waals surface area (Å²) in [6.45, 7) is 2.73. The minimum Gasteiger partial charge on any atom is -0.378 e. The molecule has 5 heteroatoms. The molecule has 2 aliphatic rings.